The van der Waals surface area contributed by atoms with Crippen molar-refractivity contribution >= 4 is 55.4 Å². The second kappa shape index (κ2) is 12.8. The van der Waals surface area contributed by atoms with Gasteiger partial charge in [-0.1, -0.05) is 147 Å². The zero-order valence-corrected chi connectivity index (χ0v) is 32.6. The Balaban J connectivity index is 0.947. The minimum Gasteiger partial charge on any atom is -0.456 e. The second-order valence-electron chi connectivity index (χ2n) is 16.2. The van der Waals surface area contributed by atoms with Gasteiger partial charge < -0.3 is 14.3 Å². The second-order valence-corrected chi connectivity index (χ2v) is 16.2. The Hall–Kier alpha value is -7.50. The van der Waals surface area contributed by atoms with E-state index in [0.717, 1.165) is 67.1 Å². The van der Waals surface area contributed by atoms with Crippen molar-refractivity contribution in [2.24, 2.45) is 9.98 Å². The van der Waals surface area contributed by atoms with Crippen molar-refractivity contribution in [3.8, 4) is 27.9 Å². The zero-order chi connectivity index (χ0) is 39.2. The highest BCUT2D eigenvalue weighted by Crippen LogP contribution is 2.53. The Kier molecular flexibility index (Phi) is 7.27. The van der Waals surface area contributed by atoms with Crippen LogP contribution in [0.1, 0.15) is 47.8 Å². The van der Waals surface area contributed by atoms with E-state index in [9.17, 15) is 0 Å². The molecule has 59 heavy (non-hydrogen) atoms. The van der Waals surface area contributed by atoms with E-state index in [2.05, 4.69) is 181 Å². The maximum atomic E-state index is 6.52. The molecule has 0 spiro atoms. The highest BCUT2D eigenvalue weighted by atomic mass is 16.3. The van der Waals surface area contributed by atoms with E-state index in [1.807, 2.05) is 24.3 Å². The van der Waals surface area contributed by atoms with Gasteiger partial charge in [-0.25, -0.2) is 9.98 Å². The Morgan fingerprint density at radius 3 is 1.90 bits per heavy atom. The lowest BCUT2D eigenvalue weighted by molar-refractivity contribution is 0.666. The SMILES string of the molecule is CC1(C)c2ccccc2-c2ccc3c(c21)c1ccccc1n3-c1ccc(C2N=C(c3ccccc3)NC(c3ccc4c(c3)oc3cc(-c5ccccc5)ccc34)=N2)cc1. The third-order valence-corrected chi connectivity index (χ3v) is 12.4. The van der Waals surface area contributed by atoms with Gasteiger partial charge in [0.1, 0.15) is 22.8 Å². The first-order valence-electron chi connectivity index (χ1n) is 20.3. The summed E-state index contributed by atoms with van der Waals surface area (Å²) < 4.78 is 8.93. The van der Waals surface area contributed by atoms with E-state index in [1.165, 1.54) is 44.1 Å². The number of amidine groups is 2. The van der Waals surface area contributed by atoms with Gasteiger partial charge in [-0.05, 0) is 87.5 Å². The van der Waals surface area contributed by atoms with Gasteiger partial charge in [0.05, 0.1) is 11.0 Å². The minimum atomic E-state index is -0.448. The van der Waals surface area contributed by atoms with Gasteiger partial charge >= 0.3 is 0 Å². The molecule has 0 amide bonds. The highest BCUT2D eigenvalue weighted by Gasteiger charge is 2.38. The normalized spacial score (nSPS) is 15.6. The lowest BCUT2D eigenvalue weighted by Crippen LogP contribution is -2.36. The fourth-order valence-corrected chi connectivity index (χ4v) is 9.63. The van der Waals surface area contributed by atoms with Crippen molar-refractivity contribution in [3.05, 3.63) is 210 Å². The predicted molar refractivity (Wildman–Crippen MR) is 243 cm³/mol. The maximum absolute atomic E-state index is 6.52. The molecule has 12 rings (SSSR count). The minimum absolute atomic E-state index is 0.121. The summed E-state index contributed by atoms with van der Waals surface area (Å²) in [7, 11) is 0. The Morgan fingerprint density at radius 2 is 1.14 bits per heavy atom. The van der Waals surface area contributed by atoms with Gasteiger partial charge in [-0.2, -0.15) is 0 Å². The number of benzene rings is 8. The summed E-state index contributed by atoms with van der Waals surface area (Å²) in [4.78, 5) is 10.4. The average Bonchev–Trinajstić information content (AvgIpc) is 3.91. The van der Waals surface area contributed by atoms with Crippen LogP contribution in [0.5, 0.6) is 0 Å². The van der Waals surface area contributed by atoms with Gasteiger partial charge in [-0.15, -0.1) is 0 Å². The van der Waals surface area contributed by atoms with Crippen molar-refractivity contribution < 1.29 is 4.42 Å². The van der Waals surface area contributed by atoms with Crippen LogP contribution in [0.25, 0.3) is 71.7 Å². The van der Waals surface area contributed by atoms with Gasteiger partial charge in [-0.3, -0.25) is 0 Å². The monoisotopic (exact) mass is 758 g/mol. The first-order valence-corrected chi connectivity index (χ1v) is 20.3. The van der Waals surface area contributed by atoms with Crippen LogP contribution in [0, 0.1) is 0 Å². The molecule has 2 aromatic heterocycles. The molecule has 5 heteroatoms. The number of hydrogen-bond acceptors (Lipinski definition) is 4. The first-order chi connectivity index (χ1) is 29.0. The number of para-hydroxylation sites is 1. The highest BCUT2D eigenvalue weighted by molar-refractivity contribution is 6.18. The molecule has 0 saturated heterocycles. The quantitative estimate of drug-likeness (QED) is 0.190. The van der Waals surface area contributed by atoms with Crippen LogP contribution >= 0.6 is 0 Å². The molecule has 280 valence electrons. The summed E-state index contributed by atoms with van der Waals surface area (Å²) in [5.74, 6) is 1.53. The molecule has 10 aromatic rings. The third-order valence-electron chi connectivity index (χ3n) is 12.4. The summed E-state index contributed by atoms with van der Waals surface area (Å²) in [5, 5.41) is 8.34. The molecule has 2 aliphatic rings. The summed E-state index contributed by atoms with van der Waals surface area (Å²) >= 11 is 0. The van der Waals surface area contributed by atoms with Crippen molar-refractivity contribution in [3.63, 3.8) is 0 Å². The number of hydrogen-bond donors (Lipinski definition) is 1. The lowest BCUT2D eigenvalue weighted by atomic mass is 9.80. The van der Waals surface area contributed by atoms with Crippen molar-refractivity contribution in [1.29, 1.82) is 0 Å². The number of nitrogens with one attached hydrogen (secondary N) is 1. The molecule has 1 N–H and O–H groups in total. The van der Waals surface area contributed by atoms with Crippen LogP contribution < -0.4 is 5.32 Å². The van der Waals surface area contributed by atoms with Crippen LogP contribution in [-0.4, -0.2) is 16.2 Å². The molecular weight excluding hydrogens is 721 g/mol. The number of aromatic nitrogens is 1. The molecule has 0 bridgehead atoms. The molecule has 0 saturated carbocycles. The Labute approximate surface area is 341 Å². The molecule has 0 fully saturated rings. The molecule has 0 radical (unpaired) electrons. The van der Waals surface area contributed by atoms with E-state index in [1.54, 1.807) is 0 Å². The molecule has 1 aliphatic heterocycles. The van der Waals surface area contributed by atoms with E-state index in [0.29, 0.717) is 0 Å². The summed E-state index contributed by atoms with van der Waals surface area (Å²) in [6.45, 7) is 4.73. The molecule has 1 aliphatic carbocycles. The summed E-state index contributed by atoms with van der Waals surface area (Å²) in [5.41, 5.74) is 15.8. The van der Waals surface area contributed by atoms with E-state index in [4.69, 9.17) is 14.4 Å². The van der Waals surface area contributed by atoms with Crippen LogP contribution in [0.2, 0.25) is 0 Å². The Morgan fingerprint density at radius 1 is 0.508 bits per heavy atom. The first kappa shape index (κ1) is 33.6. The fraction of sp³-hybridized carbons (Fsp3) is 0.0741. The van der Waals surface area contributed by atoms with Crippen molar-refractivity contribution in [2.75, 3.05) is 0 Å². The number of nitrogens with zero attached hydrogens (tertiary/aromatic N) is 3. The van der Waals surface area contributed by atoms with E-state index >= 15 is 0 Å². The maximum Gasteiger partial charge on any atom is 0.169 e. The fourth-order valence-electron chi connectivity index (χ4n) is 9.63. The lowest BCUT2D eigenvalue weighted by Gasteiger charge is -2.23. The van der Waals surface area contributed by atoms with Crippen LogP contribution in [0.15, 0.2) is 196 Å². The van der Waals surface area contributed by atoms with Gasteiger partial charge in [0.2, 0.25) is 0 Å². The van der Waals surface area contributed by atoms with Crippen molar-refractivity contribution in [1.82, 2.24) is 9.88 Å². The van der Waals surface area contributed by atoms with Crippen molar-refractivity contribution in [2.45, 2.75) is 25.4 Å². The van der Waals surface area contributed by atoms with Crippen LogP contribution in [0.3, 0.4) is 0 Å². The van der Waals surface area contributed by atoms with Gasteiger partial charge in [0.25, 0.3) is 0 Å². The number of furan rings is 1. The predicted octanol–water partition coefficient (Wildman–Crippen LogP) is 13.2. The zero-order valence-electron chi connectivity index (χ0n) is 32.6. The standard InChI is InChI=1S/C54H38N4O/c1-54(2)44-19-11-9-17-39(44)42-29-30-46-49(50(42)54)43-18-10-12-20-45(43)58(46)38-25-21-35(22-26-38)52-55-51(34-15-7-4-8-16-34)56-53(57-52)37-24-28-41-40-27-23-36(33-13-5-3-6-14-33)31-47(40)59-48(41)32-37/h3-32,52H,1-2H3,(H,55,56,57). The summed E-state index contributed by atoms with van der Waals surface area (Å²) in [6, 6.07) is 64.6. The van der Waals surface area contributed by atoms with Crippen LogP contribution in [-0.2, 0) is 5.41 Å². The Bertz CT molecular complexity index is 3370. The molecule has 3 heterocycles. The third kappa shape index (κ3) is 5.18. The number of aliphatic imine (C=N–C) groups is 2. The van der Waals surface area contributed by atoms with Gasteiger partial charge in [0, 0.05) is 43.8 Å². The van der Waals surface area contributed by atoms with Crippen LogP contribution in [0.4, 0.5) is 0 Å². The molecular formula is C54H38N4O. The molecule has 5 nitrogen and oxygen atoms in total. The summed E-state index contributed by atoms with van der Waals surface area (Å²) in [6.07, 6.45) is -0.448. The number of rotatable bonds is 5. The topological polar surface area (TPSA) is 54.8 Å². The smallest absolute Gasteiger partial charge is 0.169 e. The number of fused-ring (bicyclic) bond motifs is 10. The molecule has 1 atom stereocenters. The van der Waals surface area contributed by atoms with E-state index in [-0.39, 0.29) is 5.41 Å². The van der Waals surface area contributed by atoms with E-state index < -0.39 is 6.17 Å². The van der Waals surface area contributed by atoms with Gasteiger partial charge in [0.15, 0.2) is 6.17 Å². The molecule has 1 unspecified atom stereocenters. The average molecular weight is 759 g/mol. The molecule has 8 aromatic carbocycles. The largest absolute Gasteiger partial charge is 0.456 e.